The highest BCUT2D eigenvalue weighted by molar-refractivity contribution is 5.45. The third kappa shape index (κ3) is 3.27. The van der Waals surface area contributed by atoms with E-state index >= 15 is 0 Å². The van der Waals surface area contributed by atoms with Crippen LogP contribution in [0.5, 0.6) is 0 Å². The Morgan fingerprint density at radius 2 is 2.00 bits per heavy atom. The highest BCUT2D eigenvalue weighted by Crippen LogP contribution is 2.20. The lowest BCUT2D eigenvalue weighted by molar-refractivity contribution is 0.198. The van der Waals surface area contributed by atoms with E-state index in [1.807, 2.05) is 11.8 Å². The van der Waals surface area contributed by atoms with Crippen LogP contribution < -0.4 is 15.1 Å². The van der Waals surface area contributed by atoms with Gasteiger partial charge < -0.3 is 20.2 Å². The summed E-state index contributed by atoms with van der Waals surface area (Å²) in [5.41, 5.74) is 0. The predicted molar refractivity (Wildman–Crippen MR) is 80.4 cm³/mol. The summed E-state index contributed by atoms with van der Waals surface area (Å²) < 4.78 is 0. The third-order valence-electron chi connectivity index (χ3n) is 3.44. The Labute approximate surface area is 120 Å². The van der Waals surface area contributed by atoms with Crippen LogP contribution in [0.4, 0.5) is 17.8 Å². The van der Waals surface area contributed by atoms with Gasteiger partial charge in [0.1, 0.15) is 0 Å². The zero-order valence-corrected chi connectivity index (χ0v) is 12.5. The Bertz CT molecular complexity index is 437. The molecule has 0 radical (unpaired) electrons. The smallest absolute Gasteiger partial charge is 0.232 e. The van der Waals surface area contributed by atoms with Crippen molar-refractivity contribution in [2.75, 3.05) is 47.8 Å². The van der Waals surface area contributed by atoms with Gasteiger partial charge >= 0.3 is 0 Å². The molecule has 2 rings (SSSR count). The second kappa shape index (κ2) is 6.69. The molecule has 112 valence electrons. The van der Waals surface area contributed by atoms with Crippen LogP contribution in [-0.2, 0) is 0 Å². The van der Waals surface area contributed by atoms with Gasteiger partial charge in [-0.1, -0.05) is 0 Å². The molecule has 2 N–H and O–H groups in total. The van der Waals surface area contributed by atoms with Crippen molar-refractivity contribution in [2.45, 2.75) is 33.3 Å². The first-order valence-electron chi connectivity index (χ1n) is 7.35. The number of anilines is 3. The molecule has 1 atom stereocenters. The molecule has 1 saturated heterocycles. The van der Waals surface area contributed by atoms with Crippen LogP contribution in [0.25, 0.3) is 0 Å². The molecule has 0 spiro atoms. The maximum Gasteiger partial charge on any atom is 0.232 e. The number of hydrogen-bond donors (Lipinski definition) is 2. The molecule has 1 fully saturated rings. The molecule has 0 aliphatic carbocycles. The molecular weight excluding hydrogens is 256 g/mol. The van der Waals surface area contributed by atoms with Crippen LogP contribution in [0, 0.1) is 0 Å². The van der Waals surface area contributed by atoms with Crippen molar-refractivity contribution >= 4 is 17.8 Å². The van der Waals surface area contributed by atoms with Gasteiger partial charge in [0.05, 0.1) is 6.10 Å². The first-order valence-corrected chi connectivity index (χ1v) is 7.35. The molecule has 7 heteroatoms. The first kappa shape index (κ1) is 14.8. The van der Waals surface area contributed by atoms with Crippen LogP contribution in [0.2, 0.25) is 0 Å². The minimum atomic E-state index is -0.286. The number of hydrogen-bond acceptors (Lipinski definition) is 7. The summed E-state index contributed by atoms with van der Waals surface area (Å²) in [5, 5.41) is 12.8. The molecule has 20 heavy (non-hydrogen) atoms. The fourth-order valence-corrected chi connectivity index (χ4v) is 2.30. The van der Waals surface area contributed by atoms with Gasteiger partial charge in [0, 0.05) is 32.7 Å². The zero-order valence-electron chi connectivity index (χ0n) is 12.5. The van der Waals surface area contributed by atoms with Crippen molar-refractivity contribution in [3.05, 3.63) is 0 Å². The number of nitrogens with zero attached hydrogens (tertiary/aromatic N) is 5. The Morgan fingerprint density at radius 1 is 1.25 bits per heavy atom. The first-order chi connectivity index (χ1) is 9.67. The number of aliphatic hydroxyl groups excluding tert-OH is 1. The van der Waals surface area contributed by atoms with Crippen LogP contribution in [0.1, 0.15) is 27.2 Å². The summed E-state index contributed by atoms with van der Waals surface area (Å²) in [6.45, 7) is 10.0. The molecule has 0 bridgehead atoms. The highest BCUT2D eigenvalue weighted by atomic mass is 16.3. The normalized spacial score (nSPS) is 18.4. The molecule has 1 unspecified atom stereocenters. The molecule has 0 amide bonds. The molecule has 1 aromatic rings. The SMILES string of the molecule is CCNc1nc(N(CC)CC)nc(N2CCC(O)C2)n1. The van der Waals surface area contributed by atoms with E-state index in [0.717, 1.165) is 32.6 Å². The van der Waals surface area contributed by atoms with Crippen molar-refractivity contribution in [3.8, 4) is 0 Å². The van der Waals surface area contributed by atoms with Gasteiger partial charge in [0.25, 0.3) is 0 Å². The summed E-state index contributed by atoms with van der Waals surface area (Å²) in [7, 11) is 0. The van der Waals surface area contributed by atoms with E-state index in [-0.39, 0.29) is 6.10 Å². The van der Waals surface area contributed by atoms with E-state index in [0.29, 0.717) is 24.4 Å². The van der Waals surface area contributed by atoms with E-state index in [9.17, 15) is 5.11 Å². The van der Waals surface area contributed by atoms with E-state index in [1.54, 1.807) is 0 Å². The lowest BCUT2D eigenvalue weighted by Gasteiger charge is -2.22. The maximum absolute atomic E-state index is 9.67. The predicted octanol–water partition coefficient (Wildman–Crippen LogP) is 0.721. The van der Waals surface area contributed by atoms with Gasteiger partial charge in [-0.3, -0.25) is 0 Å². The second-order valence-electron chi connectivity index (χ2n) is 4.85. The Kier molecular flexibility index (Phi) is 4.94. The lowest BCUT2D eigenvalue weighted by Crippen LogP contribution is -2.28. The zero-order chi connectivity index (χ0) is 14.5. The summed E-state index contributed by atoms with van der Waals surface area (Å²) in [6, 6.07) is 0. The monoisotopic (exact) mass is 280 g/mol. The fourth-order valence-electron chi connectivity index (χ4n) is 2.30. The van der Waals surface area contributed by atoms with E-state index in [4.69, 9.17) is 0 Å². The quantitative estimate of drug-likeness (QED) is 0.795. The van der Waals surface area contributed by atoms with Crippen molar-refractivity contribution in [2.24, 2.45) is 0 Å². The van der Waals surface area contributed by atoms with Crippen LogP contribution in [0.15, 0.2) is 0 Å². The highest BCUT2D eigenvalue weighted by Gasteiger charge is 2.24. The lowest BCUT2D eigenvalue weighted by atomic mass is 10.3. The van der Waals surface area contributed by atoms with Gasteiger partial charge in [0.15, 0.2) is 0 Å². The van der Waals surface area contributed by atoms with Crippen LogP contribution in [0.3, 0.4) is 0 Å². The Morgan fingerprint density at radius 3 is 2.55 bits per heavy atom. The van der Waals surface area contributed by atoms with Gasteiger partial charge in [-0.05, 0) is 27.2 Å². The van der Waals surface area contributed by atoms with Gasteiger partial charge in [0.2, 0.25) is 17.8 Å². The van der Waals surface area contributed by atoms with Crippen molar-refractivity contribution in [1.29, 1.82) is 0 Å². The summed E-state index contributed by atoms with van der Waals surface area (Å²) >= 11 is 0. The number of β-amino-alcohol motifs (C(OH)–C–C–N with tert-alkyl or cyclic N) is 1. The van der Waals surface area contributed by atoms with Crippen LogP contribution in [-0.4, -0.2) is 58.9 Å². The molecule has 1 aliphatic heterocycles. The number of rotatable bonds is 6. The molecule has 1 aromatic heterocycles. The Balaban J connectivity index is 2.30. The van der Waals surface area contributed by atoms with Gasteiger partial charge in [-0.15, -0.1) is 0 Å². The van der Waals surface area contributed by atoms with E-state index in [2.05, 4.69) is 39.0 Å². The fraction of sp³-hybridized carbons (Fsp3) is 0.769. The van der Waals surface area contributed by atoms with Gasteiger partial charge in [-0.2, -0.15) is 15.0 Å². The summed E-state index contributed by atoms with van der Waals surface area (Å²) in [5.74, 6) is 1.94. The van der Waals surface area contributed by atoms with Crippen molar-refractivity contribution < 1.29 is 5.11 Å². The van der Waals surface area contributed by atoms with E-state index < -0.39 is 0 Å². The third-order valence-corrected chi connectivity index (χ3v) is 3.44. The molecule has 0 saturated carbocycles. The average Bonchev–Trinajstić information content (AvgIpc) is 2.87. The van der Waals surface area contributed by atoms with E-state index in [1.165, 1.54) is 0 Å². The largest absolute Gasteiger partial charge is 0.391 e. The minimum Gasteiger partial charge on any atom is -0.391 e. The minimum absolute atomic E-state index is 0.286. The van der Waals surface area contributed by atoms with Crippen LogP contribution >= 0.6 is 0 Å². The van der Waals surface area contributed by atoms with Gasteiger partial charge in [-0.25, -0.2) is 0 Å². The summed E-state index contributed by atoms with van der Waals surface area (Å²) in [6.07, 6.45) is 0.481. The molecule has 0 aromatic carbocycles. The Hall–Kier alpha value is -1.63. The molecular formula is C13H24N6O. The number of nitrogens with one attached hydrogen (secondary N) is 1. The number of aliphatic hydroxyl groups is 1. The van der Waals surface area contributed by atoms with Crippen molar-refractivity contribution in [3.63, 3.8) is 0 Å². The van der Waals surface area contributed by atoms with Crippen molar-refractivity contribution in [1.82, 2.24) is 15.0 Å². The topological polar surface area (TPSA) is 77.4 Å². The summed E-state index contributed by atoms with van der Waals surface area (Å²) in [4.78, 5) is 17.6. The molecule has 1 aliphatic rings. The number of aromatic nitrogens is 3. The second-order valence-corrected chi connectivity index (χ2v) is 4.85. The molecule has 7 nitrogen and oxygen atoms in total. The standard InChI is InChI=1S/C13H24N6O/c1-4-14-11-15-12(18(5-2)6-3)17-13(16-11)19-8-7-10(20)9-19/h10,20H,4-9H2,1-3H3,(H,14,15,16,17). The maximum atomic E-state index is 9.67. The molecule has 2 heterocycles. The average molecular weight is 280 g/mol.